The van der Waals surface area contributed by atoms with E-state index in [1.807, 2.05) is 25.3 Å². The molecule has 0 radical (unpaired) electrons. The van der Waals surface area contributed by atoms with Crippen molar-refractivity contribution in [2.45, 2.75) is 38.4 Å². The molecule has 2 fully saturated rings. The van der Waals surface area contributed by atoms with E-state index in [1.165, 1.54) is 6.42 Å². The Morgan fingerprint density at radius 2 is 2.43 bits per heavy atom. The molecule has 5 nitrogen and oxygen atoms in total. The van der Waals surface area contributed by atoms with Gasteiger partial charge in [-0.2, -0.15) is 5.10 Å². The third-order valence-electron chi connectivity index (χ3n) is 4.74. The molecule has 2 aromatic rings. The van der Waals surface area contributed by atoms with Crippen molar-refractivity contribution in [2.75, 3.05) is 6.54 Å². The van der Waals surface area contributed by atoms with Crippen molar-refractivity contribution in [1.29, 1.82) is 0 Å². The fraction of sp³-hybridized carbons (Fsp3) is 0.500. The summed E-state index contributed by atoms with van der Waals surface area (Å²) in [6.45, 7) is 2.70. The fourth-order valence-corrected chi connectivity index (χ4v) is 3.66. The third-order valence-corrected chi connectivity index (χ3v) is 4.74. The van der Waals surface area contributed by atoms with Crippen molar-refractivity contribution in [3.63, 3.8) is 0 Å². The van der Waals surface area contributed by atoms with Crippen molar-refractivity contribution in [3.8, 4) is 0 Å². The Kier molecular flexibility index (Phi) is 2.96. The van der Waals surface area contributed by atoms with Gasteiger partial charge in [-0.15, -0.1) is 0 Å². The SMILES string of the molecule is Cc1cccn2ncc(C(=O)NC[C@@H]3C[C@@H]4CC[C@H]3O4)c12. The number of amides is 1. The second-order valence-electron chi connectivity index (χ2n) is 6.12. The molecule has 110 valence electrons. The van der Waals surface area contributed by atoms with Crippen LogP contribution >= 0.6 is 0 Å². The summed E-state index contributed by atoms with van der Waals surface area (Å²) in [4.78, 5) is 12.4. The Morgan fingerprint density at radius 1 is 1.52 bits per heavy atom. The van der Waals surface area contributed by atoms with Crippen LogP contribution in [0, 0.1) is 12.8 Å². The maximum atomic E-state index is 12.4. The third kappa shape index (κ3) is 2.12. The van der Waals surface area contributed by atoms with E-state index in [2.05, 4.69) is 10.4 Å². The zero-order valence-electron chi connectivity index (χ0n) is 12.1. The van der Waals surface area contributed by atoms with E-state index in [1.54, 1.807) is 10.7 Å². The largest absolute Gasteiger partial charge is 0.375 e. The molecule has 3 atom stereocenters. The van der Waals surface area contributed by atoms with Crippen molar-refractivity contribution in [1.82, 2.24) is 14.9 Å². The van der Waals surface area contributed by atoms with Crippen LogP contribution in [0.25, 0.3) is 5.52 Å². The number of nitrogens with zero attached hydrogens (tertiary/aromatic N) is 2. The highest BCUT2D eigenvalue weighted by molar-refractivity contribution is 6.01. The van der Waals surface area contributed by atoms with E-state index in [-0.39, 0.29) is 5.91 Å². The predicted molar refractivity (Wildman–Crippen MR) is 78.3 cm³/mol. The maximum absolute atomic E-state index is 12.4. The highest BCUT2D eigenvalue weighted by Gasteiger charge is 2.40. The normalized spacial score (nSPS) is 27.4. The number of ether oxygens (including phenoxy) is 1. The van der Waals surface area contributed by atoms with E-state index in [0.717, 1.165) is 23.9 Å². The molecular weight excluding hydrogens is 266 g/mol. The van der Waals surface area contributed by atoms with Gasteiger partial charge in [0.2, 0.25) is 0 Å². The first-order valence-corrected chi connectivity index (χ1v) is 7.59. The van der Waals surface area contributed by atoms with Gasteiger partial charge in [0.1, 0.15) is 0 Å². The highest BCUT2D eigenvalue weighted by atomic mass is 16.5. The molecule has 0 unspecified atom stereocenters. The number of aryl methyl sites for hydroxylation is 1. The first-order chi connectivity index (χ1) is 10.2. The van der Waals surface area contributed by atoms with Crippen molar-refractivity contribution < 1.29 is 9.53 Å². The number of carbonyl (C=O) groups is 1. The average molecular weight is 285 g/mol. The Balaban J connectivity index is 1.49. The van der Waals surface area contributed by atoms with Crippen molar-refractivity contribution in [3.05, 3.63) is 35.7 Å². The van der Waals surface area contributed by atoms with Gasteiger partial charge in [0.05, 0.1) is 29.5 Å². The predicted octanol–water partition coefficient (Wildman–Crippen LogP) is 1.94. The first kappa shape index (κ1) is 12.8. The smallest absolute Gasteiger partial charge is 0.255 e. The molecule has 0 spiro atoms. The number of carbonyl (C=O) groups excluding carboxylic acids is 1. The number of fused-ring (bicyclic) bond motifs is 3. The van der Waals surface area contributed by atoms with Gasteiger partial charge in [-0.3, -0.25) is 4.79 Å². The molecule has 0 aliphatic carbocycles. The maximum Gasteiger partial charge on any atom is 0.255 e. The molecule has 0 saturated carbocycles. The zero-order valence-corrected chi connectivity index (χ0v) is 12.1. The highest BCUT2D eigenvalue weighted by Crippen LogP contribution is 2.38. The zero-order chi connectivity index (χ0) is 14.4. The summed E-state index contributed by atoms with van der Waals surface area (Å²) in [5.41, 5.74) is 2.60. The molecule has 1 N–H and O–H groups in total. The molecule has 0 aromatic carbocycles. The molecule has 1 amide bonds. The van der Waals surface area contributed by atoms with Crippen LogP contribution in [-0.2, 0) is 4.74 Å². The van der Waals surface area contributed by atoms with Gasteiger partial charge in [0, 0.05) is 18.7 Å². The lowest BCUT2D eigenvalue weighted by atomic mass is 9.89. The van der Waals surface area contributed by atoms with Crippen LogP contribution in [-0.4, -0.2) is 34.3 Å². The fourth-order valence-electron chi connectivity index (χ4n) is 3.66. The van der Waals surface area contributed by atoms with Crippen LogP contribution in [0.3, 0.4) is 0 Å². The van der Waals surface area contributed by atoms with Gasteiger partial charge in [-0.25, -0.2) is 4.52 Å². The number of pyridine rings is 1. The van der Waals surface area contributed by atoms with E-state index < -0.39 is 0 Å². The quantitative estimate of drug-likeness (QED) is 0.937. The minimum absolute atomic E-state index is 0.0397. The topological polar surface area (TPSA) is 55.6 Å². The van der Waals surface area contributed by atoms with Gasteiger partial charge in [-0.05, 0) is 37.8 Å². The number of rotatable bonds is 3. The van der Waals surface area contributed by atoms with Crippen molar-refractivity contribution >= 4 is 11.4 Å². The minimum atomic E-state index is -0.0397. The Morgan fingerprint density at radius 3 is 3.19 bits per heavy atom. The number of hydrogen-bond donors (Lipinski definition) is 1. The lowest BCUT2D eigenvalue weighted by molar-refractivity contribution is 0.0874. The van der Waals surface area contributed by atoms with E-state index in [4.69, 9.17) is 4.74 Å². The Labute approximate surface area is 123 Å². The summed E-state index contributed by atoms with van der Waals surface area (Å²) < 4.78 is 7.58. The minimum Gasteiger partial charge on any atom is -0.375 e. The van der Waals surface area contributed by atoms with Crippen LogP contribution in [0.5, 0.6) is 0 Å². The average Bonchev–Trinajstić information content (AvgIpc) is 3.19. The molecule has 2 aliphatic rings. The number of hydrogen-bond acceptors (Lipinski definition) is 3. The lowest BCUT2D eigenvalue weighted by Gasteiger charge is -2.18. The summed E-state index contributed by atoms with van der Waals surface area (Å²) in [6, 6.07) is 3.93. The molecule has 2 aromatic heterocycles. The molecule has 2 aliphatic heterocycles. The van der Waals surface area contributed by atoms with Crippen LogP contribution in [0.15, 0.2) is 24.5 Å². The number of aromatic nitrogens is 2. The number of nitrogens with one attached hydrogen (secondary N) is 1. The standard InChI is InChI=1S/C16H19N3O2/c1-10-3-2-6-19-15(10)13(9-18-19)16(20)17-8-11-7-12-4-5-14(11)21-12/h2-3,6,9,11-12,14H,4-5,7-8H2,1H3,(H,17,20)/t11-,12-,14+/m0/s1. The summed E-state index contributed by atoms with van der Waals surface area (Å²) in [5, 5.41) is 7.31. The molecule has 5 heteroatoms. The van der Waals surface area contributed by atoms with Gasteiger partial charge in [-0.1, -0.05) is 6.07 Å². The van der Waals surface area contributed by atoms with Crippen LogP contribution in [0.1, 0.15) is 35.2 Å². The van der Waals surface area contributed by atoms with Gasteiger partial charge >= 0.3 is 0 Å². The summed E-state index contributed by atoms with van der Waals surface area (Å²) in [5.74, 6) is 0.428. The van der Waals surface area contributed by atoms with Gasteiger partial charge in [0.15, 0.2) is 0 Å². The van der Waals surface area contributed by atoms with E-state index in [9.17, 15) is 4.79 Å². The van der Waals surface area contributed by atoms with Gasteiger partial charge < -0.3 is 10.1 Å². The van der Waals surface area contributed by atoms with E-state index in [0.29, 0.717) is 30.2 Å². The first-order valence-electron chi connectivity index (χ1n) is 7.59. The molecule has 4 rings (SSSR count). The Hall–Kier alpha value is -1.88. The summed E-state index contributed by atoms with van der Waals surface area (Å²) in [7, 11) is 0. The molecule has 4 heterocycles. The second-order valence-corrected chi connectivity index (χ2v) is 6.12. The summed E-state index contributed by atoms with van der Waals surface area (Å²) in [6.07, 6.45) is 7.69. The molecular formula is C16H19N3O2. The lowest BCUT2D eigenvalue weighted by Crippen LogP contribution is -2.33. The van der Waals surface area contributed by atoms with Gasteiger partial charge in [0.25, 0.3) is 5.91 Å². The Bertz CT molecular complexity index is 694. The monoisotopic (exact) mass is 285 g/mol. The van der Waals surface area contributed by atoms with Crippen LogP contribution in [0.2, 0.25) is 0 Å². The van der Waals surface area contributed by atoms with Crippen LogP contribution < -0.4 is 5.32 Å². The van der Waals surface area contributed by atoms with E-state index >= 15 is 0 Å². The van der Waals surface area contributed by atoms with Crippen LogP contribution in [0.4, 0.5) is 0 Å². The second kappa shape index (κ2) is 4.84. The summed E-state index contributed by atoms with van der Waals surface area (Å²) >= 11 is 0. The molecule has 2 saturated heterocycles. The molecule has 2 bridgehead atoms. The molecule has 21 heavy (non-hydrogen) atoms. The van der Waals surface area contributed by atoms with Crippen molar-refractivity contribution in [2.24, 2.45) is 5.92 Å².